The second kappa shape index (κ2) is 13.0. The van der Waals surface area contributed by atoms with Gasteiger partial charge in [-0.1, -0.05) is 57.6 Å². The van der Waals surface area contributed by atoms with Gasteiger partial charge in [0, 0.05) is 32.7 Å². The number of anilines is 1. The predicted molar refractivity (Wildman–Crippen MR) is 99.2 cm³/mol. The number of benzene rings is 1. The summed E-state index contributed by atoms with van der Waals surface area (Å²) >= 11 is 0. The van der Waals surface area contributed by atoms with Crippen molar-refractivity contribution in [2.75, 3.05) is 19.5 Å². The van der Waals surface area contributed by atoms with Crippen molar-refractivity contribution in [1.82, 2.24) is 0 Å². The second-order valence-electron chi connectivity index (χ2n) is 6.22. The fourth-order valence-corrected chi connectivity index (χ4v) is 2.65. The molecule has 1 rings (SSSR count). The zero-order chi connectivity index (χ0) is 17.6. The maximum atomic E-state index is 12.0. The van der Waals surface area contributed by atoms with Gasteiger partial charge < -0.3 is 14.8 Å². The van der Waals surface area contributed by atoms with Crippen LogP contribution in [0.3, 0.4) is 0 Å². The number of rotatable bonds is 13. The van der Waals surface area contributed by atoms with E-state index in [1.54, 1.807) is 14.2 Å². The molecule has 0 spiro atoms. The quantitative estimate of drug-likeness (QED) is 0.411. The number of amides is 1. The molecule has 0 aliphatic carbocycles. The van der Waals surface area contributed by atoms with Gasteiger partial charge in [0.2, 0.25) is 5.91 Å². The Labute approximate surface area is 146 Å². The summed E-state index contributed by atoms with van der Waals surface area (Å²) in [5.41, 5.74) is 1.96. The van der Waals surface area contributed by atoms with Gasteiger partial charge in [0.15, 0.2) is 6.29 Å². The Hall–Kier alpha value is -1.39. The molecule has 0 aliphatic heterocycles. The van der Waals surface area contributed by atoms with Gasteiger partial charge in [-0.3, -0.25) is 4.79 Å². The monoisotopic (exact) mass is 335 g/mol. The summed E-state index contributed by atoms with van der Waals surface area (Å²) in [7, 11) is 3.26. The van der Waals surface area contributed by atoms with Crippen LogP contribution in [0.25, 0.3) is 0 Å². The van der Waals surface area contributed by atoms with E-state index < -0.39 is 0 Å². The maximum Gasteiger partial charge on any atom is 0.224 e. The van der Waals surface area contributed by atoms with Crippen LogP contribution in [0, 0.1) is 0 Å². The molecule has 1 aromatic rings. The third kappa shape index (κ3) is 9.04. The summed E-state index contributed by atoms with van der Waals surface area (Å²) in [6, 6.07) is 7.85. The molecule has 0 unspecified atom stereocenters. The van der Waals surface area contributed by atoms with Gasteiger partial charge in [0.05, 0.1) is 0 Å². The van der Waals surface area contributed by atoms with E-state index >= 15 is 0 Å². The topological polar surface area (TPSA) is 47.6 Å². The molecule has 0 aromatic heterocycles. The van der Waals surface area contributed by atoms with E-state index in [4.69, 9.17) is 9.47 Å². The van der Waals surface area contributed by atoms with Crippen LogP contribution in [0.4, 0.5) is 5.69 Å². The third-order valence-corrected chi connectivity index (χ3v) is 4.17. The third-order valence-electron chi connectivity index (χ3n) is 4.17. The first-order valence-corrected chi connectivity index (χ1v) is 9.14. The highest BCUT2D eigenvalue weighted by Gasteiger charge is 2.07. The van der Waals surface area contributed by atoms with E-state index in [2.05, 4.69) is 12.2 Å². The number of hydrogen-bond acceptors (Lipinski definition) is 3. The van der Waals surface area contributed by atoms with Crippen LogP contribution in [-0.4, -0.2) is 26.4 Å². The summed E-state index contributed by atoms with van der Waals surface area (Å²) in [5.74, 6) is 0.1000. The van der Waals surface area contributed by atoms with Crippen molar-refractivity contribution in [1.29, 1.82) is 0 Å². The van der Waals surface area contributed by atoms with Crippen molar-refractivity contribution in [3.05, 3.63) is 29.8 Å². The average Bonchev–Trinajstić information content (AvgIpc) is 2.60. The SMILES string of the molecule is CCCCCCCCCC(=O)Nc1ccc(CC(OC)OC)cc1. The summed E-state index contributed by atoms with van der Waals surface area (Å²) in [6.07, 6.45) is 9.63. The number of carbonyl (C=O) groups excluding carboxylic acids is 1. The van der Waals surface area contributed by atoms with Gasteiger partial charge >= 0.3 is 0 Å². The van der Waals surface area contributed by atoms with Gasteiger partial charge in [-0.2, -0.15) is 0 Å². The molecule has 0 atom stereocenters. The van der Waals surface area contributed by atoms with E-state index in [1.165, 1.54) is 32.1 Å². The lowest BCUT2D eigenvalue weighted by molar-refractivity contribution is -0.116. The molecule has 0 bridgehead atoms. The first-order valence-electron chi connectivity index (χ1n) is 9.14. The molecule has 4 nitrogen and oxygen atoms in total. The lowest BCUT2D eigenvalue weighted by Gasteiger charge is -2.13. The minimum absolute atomic E-state index is 0.1000. The highest BCUT2D eigenvalue weighted by Crippen LogP contribution is 2.14. The van der Waals surface area contributed by atoms with Gasteiger partial charge in [0.25, 0.3) is 0 Å². The van der Waals surface area contributed by atoms with Crippen molar-refractivity contribution < 1.29 is 14.3 Å². The normalized spacial score (nSPS) is 11.0. The van der Waals surface area contributed by atoms with E-state index in [0.29, 0.717) is 12.8 Å². The lowest BCUT2D eigenvalue weighted by Crippen LogP contribution is -2.16. The molecule has 0 saturated heterocycles. The maximum absolute atomic E-state index is 12.0. The summed E-state index contributed by atoms with van der Waals surface area (Å²) in [6.45, 7) is 2.23. The molecule has 0 fully saturated rings. The van der Waals surface area contributed by atoms with Crippen LogP contribution >= 0.6 is 0 Å². The van der Waals surface area contributed by atoms with Crippen molar-refractivity contribution in [3.63, 3.8) is 0 Å². The average molecular weight is 335 g/mol. The molecule has 1 amide bonds. The summed E-state index contributed by atoms with van der Waals surface area (Å²) in [4.78, 5) is 12.0. The van der Waals surface area contributed by atoms with E-state index in [-0.39, 0.29) is 12.2 Å². The van der Waals surface area contributed by atoms with Crippen LogP contribution in [0.2, 0.25) is 0 Å². The second-order valence-corrected chi connectivity index (χ2v) is 6.22. The van der Waals surface area contributed by atoms with E-state index in [9.17, 15) is 4.79 Å². The molecule has 4 heteroatoms. The van der Waals surface area contributed by atoms with Crippen LogP contribution in [-0.2, 0) is 20.7 Å². The first kappa shape index (κ1) is 20.7. The van der Waals surface area contributed by atoms with Crippen LogP contribution in [0.5, 0.6) is 0 Å². The highest BCUT2D eigenvalue weighted by molar-refractivity contribution is 5.90. The van der Waals surface area contributed by atoms with Crippen molar-refractivity contribution in [2.24, 2.45) is 0 Å². The number of carbonyl (C=O) groups is 1. The summed E-state index contributed by atoms with van der Waals surface area (Å²) in [5, 5.41) is 2.96. The van der Waals surface area contributed by atoms with Crippen molar-refractivity contribution in [2.45, 2.75) is 71.0 Å². The van der Waals surface area contributed by atoms with Crippen LogP contribution in [0.15, 0.2) is 24.3 Å². The Balaban J connectivity index is 2.22. The minimum Gasteiger partial charge on any atom is -0.356 e. The number of nitrogens with one attached hydrogen (secondary N) is 1. The van der Waals surface area contributed by atoms with E-state index in [0.717, 1.165) is 24.1 Å². The zero-order valence-electron chi connectivity index (χ0n) is 15.5. The molecule has 136 valence electrons. The largest absolute Gasteiger partial charge is 0.356 e. The minimum atomic E-state index is -0.234. The molecule has 24 heavy (non-hydrogen) atoms. The molecule has 0 saturated carbocycles. The lowest BCUT2D eigenvalue weighted by atomic mass is 10.1. The van der Waals surface area contributed by atoms with E-state index in [1.807, 2.05) is 24.3 Å². The number of hydrogen-bond donors (Lipinski definition) is 1. The molecule has 0 heterocycles. The predicted octanol–water partition coefficient (Wildman–Crippen LogP) is 4.93. The zero-order valence-corrected chi connectivity index (χ0v) is 15.5. The smallest absolute Gasteiger partial charge is 0.224 e. The standard InChI is InChI=1S/C20H33NO3/c1-4-5-6-7-8-9-10-11-19(22)21-18-14-12-17(13-15-18)16-20(23-2)24-3/h12-15,20H,4-11,16H2,1-3H3,(H,21,22). The molecule has 0 aliphatic rings. The fourth-order valence-electron chi connectivity index (χ4n) is 2.65. The Kier molecular flexibility index (Phi) is 11.2. The van der Waals surface area contributed by atoms with Gasteiger partial charge in [-0.05, 0) is 24.1 Å². The van der Waals surface area contributed by atoms with Crippen molar-refractivity contribution in [3.8, 4) is 0 Å². The Bertz CT molecular complexity index is 441. The fraction of sp³-hybridized carbons (Fsp3) is 0.650. The molecular weight excluding hydrogens is 302 g/mol. The number of ether oxygens (including phenoxy) is 2. The Morgan fingerprint density at radius 1 is 0.958 bits per heavy atom. The van der Waals surface area contributed by atoms with Crippen LogP contribution < -0.4 is 5.32 Å². The first-order chi connectivity index (χ1) is 11.7. The van der Waals surface area contributed by atoms with Gasteiger partial charge in [0.1, 0.15) is 0 Å². The number of unbranched alkanes of at least 4 members (excludes halogenated alkanes) is 6. The number of methoxy groups -OCH3 is 2. The molecular formula is C20H33NO3. The van der Waals surface area contributed by atoms with Gasteiger partial charge in [-0.25, -0.2) is 0 Å². The molecule has 1 N–H and O–H groups in total. The Morgan fingerprint density at radius 3 is 2.12 bits per heavy atom. The van der Waals surface area contributed by atoms with Gasteiger partial charge in [-0.15, -0.1) is 0 Å². The highest BCUT2D eigenvalue weighted by atomic mass is 16.7. The van der Waals surface area contributed by atoms with Crippen molar-refractivity contribution >= 4 is 11.6 Å². The molecule has 0 radical (unpaired) electrons. The summed E-state index contributed by atoms with van der Waals surface area (Å²) < 4.78 is 10.4. The molecule has 1 aromatic carbocycles. The van der Waals surface area contributed by atoms with Crippen LogP contribution in [0.1, 0.15) is 63.9 Å². The Morgan fingerprint density at radius 2 is 1.54 bits per heavy atom.